The summed E-state index contributed by atoms with van der Waals surface area (Å²) in [7, 11) is 0. The van der Waals surface area contributed by atoms with Crippen molar-refractivity contribution in [2.24, 2.45) is 0 Å². The molecule has 4 heteroatoms. The summed E-state index contributed by atoms with van der Waals surface area (Å²) >= 11 is 11.0. The van der Waals surface area contributed by atoms with E-state index in [1.54, 1.807) is 0 Å². The number of hydrogen-bond acceptors (Lipinski definition) is 0. The van der Waals surface area contributed by atoms with Crippen molar-refractivity contribution >= 4 is 23.2 Å². The fraction of sp³-hybridized carbons (Fsp3) is 0.889. The van der Waals surface area contributed by atoms with Gasteiger partial charge in [-0.2, -0.15) is 0 Å². The minimum Gasteiger partial charge on any atom is -0.127 e. The van der Waals surface area contributed by atoms with Crippen molar-refractivity contribution in [3.8, 4) is 0 Å². The Morgan fingerprint density at radius 3 is 1.59 bits per heavy atom. The second-order valence-corrected chi connectivity index (χ2v) is 6.01. The molecular formula is C18H38Cl2NiZn. The molecule has 0 spiro atoms. The van der Waals surface area contributed by atoms with E-state index in [1.165, 1.54) is 70.6 Å². The molecule has 0 aliphatic carbocycles. The van der Waals surface area contributed by atoms with Crippen LogP contribution in [0.25, 0.3) is 0 Å². The molecule has 0 rings (SSSR count). The van der Waals surface area contributed by atoms with Gasteiger partial charge in [0, 0.05) is 49.2 Å². The van der Waals surface area contributed by atoms with Gasteiger partial charge in [0.25, 0.3) is 0 Å². The first-order valence-electron chi connectivity index (χ1n) is 8.60. The molecule has 0 radical (unpaired) electrons. The molecule has 0 saturated carbocycles. The van der Waals surface area contributed by atoms with Crippen LogP contribution in [0.4, 0.5) is 0 Å². The smallest absolute Gasteiger partial charge is 0.0257 e. The van der Waals surface area contributed by atoms with Crippen molar-refractivity contribution in [1.82, 2.24) is 0 Å². The maximum absolute atomic E-state index is 5.54. The van der Waals surface area contributed by atoms with E-state index in [4.69, 9.17) is 23.2 Å². The number of rotatable bonds is 13. The van der Waals surface area contributed by atoms with E-state index in [0.717, 1.165) is 18.2 Å². The molecule has 0 aromatic heterocycles. The van der Waals surface area contributed by atoms with Gasteiger partial charge >= 0.3 is 0 Å². The van der Waals surface area contributed by atoms with E-state index in [9.17, 15) is 0 Å². The van der Waals surface area contributed by atoms with E-state index in [2.05, 4.69) is 26.0 Å². The van der Waals surface area contributed by atoms with Crippen LogP contribution >= 0.6 is 23.2 Å². The summed E-state index contributed by atoms with van der Waals surface area (Å²) in [5.41, 5.74) is 0. The van der Waals surface area contributed by atoms with Crippen molar-refractivity contribution in [3.05, 3.63) is 12.2 Å². The van der Waals surface area contributed by atoms with Crippen LogP contribution in [-0.4, -0.2) is 11.8 Å². The average Bonchev–Trinajstić information content (AvgIpc) is 2.47. The van der Waals surface area contributed by atoms with Gasteiger partial charge in [-0.1, -0.05) is 77.4 Å². The van der Waals surface area contributed by atoms with Crippen LogP contribution in [0.15, 0.2) is 12.2 Å². The Kier molecular flexibility index (Phi) is 48.1. The minimum atomic E-state index is 0. The van der Waals surface area contributed by atoms with Crippen molar-refractivity contribution in [2.45, 2.75) is 90.9 Å². The molecule has 0 aliphatic rings. The first-order valence-corrected chi connectivity index (χ1v) is 9.67. The molecule has 0 heterocycles. The van der Waals surface area contributed by atoms with Gasteiger partial charge in [-0.15, -0.1) is 23.2 Å². The van der Waals surface area contributed by atoms with E-state index in [-0.39, 0.29) is 37.4 Å². The molecule has 0 nitrogen and oxygen atoms in total. The molecule has 0 bridgehead atoms. The second kappa shape index (κ2) is 33.9. The molecule has 0 amide bonds. The van der Waals surface area contributed by atoms with Gasteiger partial charge in [0.2, 0.25) is 0 Å². The molecule has 136 valence electrons. The van der Waals surface area contributed by atoms with Gasteiger partial charge in [-0.05, 0) is 25.7 Å². The number of halogens is 2. The van der Waals surface area contributed by atoms with Crippen LogP contribution in [0.3, 0.4) is 0 Å². The van der Waals surface area contributed by atoms with Crippen molar-refractivity contribution < 1.29 is 37.4 Å². The van der Waals surface area contributed by atoms with Crippen LogP contribution < -0.4 is 0 Å². The molecule has 0 aromatic carbocycles. The Morgan fingerprint density at radius 1 is 0.636 bits per heavy atom. The molecule has 0 saturated heterocycles. The normalized spacial score (nSPS) is 9.64. The predicted octanol–water partition coefficient (Wildman–Crippen LogP) is 7.97. The average molecular weight is 449 g/mol. The quantitative estimate of drug-likeness (QED) is 0.116. The third-order valence-electron chi connectivity index (χ3n) is 3.15. The fourth-order valence-corrected chi connectivity index (χ4v) is 2.18. The molecule has 0 aliphatic heterocycles. The Balaban J connectivity index is -0.0000000831. The van der Waals surface area contributed by atoms with Crippen LogP contribution in [0, 0.1) is 0 Å². The van der Waals surface area contributed by atoms with Crippen LogP contribution in [0.5, 0.6) is 0 Å². The van der Waals surface area contributed by atoms with E-state index in [0.29, 0.717) is 0 Å². The summed E-state index contributed by atoms with van der Waals surface area (Å²) in [6.45, 7) is 4.47. The number of alkyl halides is 2. The molecule has 0 fully saturated rings. The largest absolute Gasteiger partial charge is 0.127 e. The van der Waals surface area contributed by atoms with Crippen LogP contribution in [0.1, 0.15) is 92.3 Å². The van der Waals surface area contributed by atoms with Crippen molar-refractivity contribution in [1.29, 1.82) is 0 Å². The van der Waals surface area contributed by atoms with Gasteiger partial charge in [0.1, 0.15) is 0 Å². The van der Waals surface area contributed by atoms with Crippen molar-refractivity contribution in [3.63, 3.8) is 0 Å². The van der Waals surface area contributed by atoms with Crippen molar-refractivity contribution in [2.75, 3.05) is 11.8 Å². The summed E-state index contributed by atoms with van der Waals surface area (Å²) in [6, 6.07) is 0. The Morgan fingerprint density at radius 2 is 1.09 bits per heavy atom. The monoisotopic (exact) mass is 446 g/mol. The third-order valence-corrected chi connectivity index (χ3v) is 3.64. The SMILES string of the molecule is CCCCC/C=C\CCCl.CCCCCCCCCCl.[HH].[Ni].[Zn]. The zero-order valence-electron chi connectivity index (χ0n) is 14.8. The zero-order chi connectivity index (χ0) is 15.3. The summed E-state index contributed by atoms with van der Waals surface area (Å²) < 4.78 is 0. The topological polar surface area (TPSA) is 0 Å². The Labute approximate surface area is 174 Å². The fourth-order valence-electron chi connectivity index (χ4n) is 1.86. The predicted molar refractivity (Wildman–Crippen MR) is 99.4 cm³/mol. The van der Waals surface area contributed by atoms with E-state index < -0.39 is 0 Å². The van der Waals surface area contributed by atoms with E-state index in [1.807, 2.05) is 0 Å². The Bertz CT molecular complexity index is 176. The first kappa shape index (κ1) is 31.2. The number of hydrogen-bond donors (Lipinski definition) is 0. The molecule has 0 aromatic rings. The second-order valence-electron chi connectivity index (χ2n) is 5.26. The van der Waals surface area contributed by atoms with Gasteiger partial charge in [0.15, 0.2) is 0 Å². The maximum Gasteiger partial charge on any atom is 0.0257 e. The first-order chi connectivity index (χ1) is 9.83. The summed E-state index contributed by atoms with van der Waals surface area (Å²) in [4.78, 5) is 0. The molecule has 0 atom stereocenters. The summed E-state index contributed by atoms with van der Waals surface area (Å²) in [6.07, 6.45) is 20.1. The zero-order valence-corrected chi connectivity index (χ0v) is 20.3. The standard InChI is InChI=1S/C9H19Cl.C9H17Cl.Ni.Zn.H2/c2*1-2-3-4-5-6-7-8-9-10;;;/h2-9H2,1H3;6-7H,2-5,8-9H2,1H3;;;1H/b;7-6-;;;. The van der Waals surface area contributed by atoms with Gasteiger partial charge in [0.05, 0.1) is 0 Å². The summed E-state index contributed by atoms with van der Waals surface area (Å²) in [5.74, 6) is 1.60. The van der Waals surface area contributed by atoms with Gasteiger partial charge in [-0.3, -0.25) is 0 Å². The molecular weight excluding hydrogens is 411 g/mol. The van der Waals surface area contributed by atoms with Crippen LogP contribution in [0.2, 0.25) is 0 Å². The number of allylic oxidation sites excluding steroid dienone is 2. The minimum absolute atomic E-state index is 0. The Hall–Kier alpha value is 1.44. The third kappa shape index (κ3) is 37.6. The van der Waals surface area contributed by atoms with E-state index >= 15 is 0 Å². The molecule has 22 heavy (non-hydrogen) atoms. The molecule has 0 unspecified atom stereocenters. The maximum atomic E-state index is 5.54. The molecule has 0 N–H and O–H groups in total. The van der Waals surface area contributed by atoms with Gasteiger partial charge < -0.3 is 0 Å². The summed E-state index contributed by atoms with van der Waals surface area (Å²) in [5, 5.41) is 0. The van der Waals surface area contributed by atoms with Gasteiger partial charge in [-0.25, -0.2) is 0 Å². The number of unbranched alkanes of at least 4 members (excludes halogenated alkanes) is 9. The van der Waals surface area contributed by atoms with Crippen LogP contribution in [-0.2, 0) is 36.0 Å².